The number of rotatable bonds is 5. The van der Waals surface area contributed by atoms with Crippen LogP contribution in [0.4, 0.5) is 0 Å². The molecule has 0 amide bonds. The van der Waals surface area contributed by atoms with E-state index in [2.05, 4.69) is 27.2 Å². The van der Waals surface area contributed by atoms with Crippen LogP contribution in [-0.4, -0.2) is 15.2 Å². The van der Waals surface area contributed by atoms with Gasteiger partial charge in [-0.05, 0) is 19.8 Å². The van der Waals surface area contributed by atoms with Gasteiger partial charge in [-0.15, -0.1) is 6.58 Å². The fraction of sp³-hybridized carbons (Fsp3) is 0.500. The third-order valence-electron chi connectivity index (χ3n) is 1.82. The van der Waals surface area contributed by atoms with Gasteiger partial charge < -0.3 is 0 Å². The lowest BCUT2D eigenvalue weighted by Crippen LogP contribution is -2.28. The predicted octanol–water partition coefficient (Wildman–Crippen LogP) is 0.665. The summed E-state index contributed by atoms with van der Waals surface area (Å²) in [4.78, 5) is 4.03. The Morgan fingerprint density at radius 3 is 3.08 bits per heavy atom. The van der Waals surface area contributed by atoms with E-state index < -0.39 is 0 Å². The van der Waals surface area contributed by atoms with Crippen LogP contribution < -0.4 is 11.3 Å². The quantitative estimate of drug-likeness (QED) is 0.354. The van der Waals surface area contributed by atoms with E-state index in [1.165, 1.54) is 6.33 Å². The number of H-pyrrole nitrogens is 1. The summed E-state index contributed by atoms with van der Waals surface area (Å²) < 4.78 is 0. The topological polar surface area (TPSA) is 79.6 Å². The highest BCUT2D eigenvalue weighted by Gasteiger charge is 2.11. The average molecular weight is 181 g/mol. The molecule has 0 aliphatic rings. The highest BCUT2D eigenvalue weighted by Crippen LogP contribution is 2.14. The molecule has 0 aromatic carbocycles. The van der Waals surface area contributed by atoms with Crippen LogP contribution in [0.5, 0.6) is 0 Å². The standard InChI is InChI=1S/C8H15N5/c1-6(2)3-4-7(12-9)8-10-5-11-13-8/h5,7,12H,1,3-4,9H2,2H3,(H,10,11,13). The van der Waals surface area contributed by atoms with E-state index in [9.17, 15) is 0 Å². The molecular formula is C8H15N5. The van der Waals surface area contributed by atoms with Crippen LogP contribution in [0.3, 0.4) is 0 Å². The number of hydrogen-bond donors (Lipinski definition) is 3. The van der Waals surface area contributed by atoms with Gasteiger partial charge in [0.1, 0.15) is 12.2 Å². The monoisotopic (exact) mass is 181 g/mol. The van der Waals surface area contributed by atoms with E-state index in [1.54, 1.807) is 0 Å². The first kappa shape index (κ1) is 9.88. The maximum absolute atomic E-state index is 5.38. The van der Waals surface area contributed by atoms with Gasteiger partial charge >= 0.3 is 0 Å². The molecule has 1 heterocycles. The molecular weight excluding hydrogens is 166 g/mol. The molecule has 0 fully saturated rings. The first-order chi connectivity index (χ1) is 6.24. The Labute approximate surface area is 77.4 Å². The Morgan fingerprint density at radius 1 is 1.85 bits per heavy atom. The zero-order chi connectivity index (χ0) is 9.68. The van der Waals surface area contributed by atoms with E-state index >= 15 is 0 Å². The number of nitrogens with one attached hydrogen (secondary N) is 2. The molecule has 0 aliphatic heterocycles. The molecule has 0 aliphatic carbocycles. The van der Waals surface area contributed by atoms with E-state index in [1.807, 2.05) is 6.92 Å². The van der Waals surface area contributed by atoms with Crippen molar-refractivity contribution in [3.8, 4) is 0 Å². The van der Waals surface area contributed by atoms with Gasteiger partial charge in [-0.3, -0.25) is 10.9 Å². The summed E-state index contributed by atoms with van der Waals surface area (Å²) in [6, 6.07) is 0.0270. The second kappa shape index (κ2) is 4.74. The first-order valence-electron chi connectivity index (χ1n) is 4.19. The van der Waals surface area contributed by atoms with Gasteiger partial charge in [0.15, 0.2) is 0 Å². The molecule has 1 rings (SSSR count). The number of nitrogens with zero attached hydrogens (tertiary/aromatic N) is 2. The number of nitrogens with two attached hydrogens (primary N) is 1. The lowest BCUT2D eigenvalue weighted by atomic mass is 10.1. The second-order valence-corrected chi connectivity index (χ2v) is 3.09. The largest absolute Gasteiger partial charge is 0.271 e. The SMILES string of the molecule is C=C(C)CCC(NN)c1ncn[nH]1. The van der Waals surface area contributed by atoms with Crippen molar-refractivity contribution in [2.75, 3.05) is 0 Å². The molecule has 1 aromatic heterocycles. The van der Waals surface area contributed by atoms with Gasteiger partial charge in [0, 0.05) is 0 Å². The molecule has 0 bridgehead atoms. The van der Waals surface area contributed by atoms with Crippen molar-refractivity contribution in [2.24, 2.45) is 5.84 Å². The molecule has 13 heavy (non-hydrogen) atoms. The van der Waals surface area contributed by atoms with Crippen molar-refractivity contribution >= 4 is 0 Å². The highest BCUT2D eigenvalue weighted by molar-refractivity contribution is 4.95. The van der Waals surface area contributed by atoms with Crippen molar-refractivity contribution in [1.29, 1.82) is 0 Å². The van der Waals surface area contributed by atoms with Crippen LogP contribution in [0.15, 0.2) is 18.5 Å². The zero-order valence-electron chi connectivity index (χ0n) is 7.75. The number of hydrazine groups is 1. The van der Waals surface area contributed by atoms with Gasteiger partial charge in [0.25, 0.3) is 0 Å². The Bertz CT molecular complexity index is 254. The molecule has 0 radical (unpaired) electrons. The highest BCUT2D eigenvalue weighted by atomic mass is 15.3. The average Bonchev–Trinajstić information content (AvgIpc) is 2.58. The summed E-state index contributed by atoms with van der Waals surface area (Å²) in [6.45, 7) is 5.82. The van der Waals surface area contributed by atoms with Crippen molar-refractivity contribution in [1.82, 2.24) is 20.6 Å². The fourth-order valence-corrected chi connectivity index (χ4v) is 1.07. The molecule has 0 spiro atoms. The number of hydrogen-bond acceptors (Lipinski definition) is 4. The van der Waals surface area contributed by atoms with E-state index in [-0.39, 0.29) is 6.04 Å². The van der Waals surface area contributed by atoms with Crippen molar-refractivity contribution < 1.29 is 0 Å². The Morgan fingerprint density at radius 2 is 2.62 bits per heavy atom. The van der Waals surface area contributed by atoms with Crippen molar-refractivity contribution in [3.05, 3.63) is 24.3 Å². The first-order valence-corrected chi connectivity index (χ1v) is 4.19. The second-order valence-electron chi connectivity index (χ2n) is 3.09. The normalized spacial score (nSPS) is 12.8. The van der Waals surface area contributed by atoms with Crippen LogP contribution in [0.25, 0.3) is 0 Å². The Hall–Kier alpha value is -1.20. The minimum absolute atomic E-state index is 0.0270. The van der Waals surface area contributed by atoms with Crippen LogP contribution in [-0.2, 0) is 0 Å². The molecule has 1 aromatic rings. The third kappa shape index (κ3) is 2.96. The molecule has 1 atom stereocenters. The van der Waals surface area contributed by atoms with Crippen LogP contribution in [0, 0.1) is 0 Å². The summed E-state index contributed by atoms with van der Waals surface area (Å²) in [6.07, 6.45) is 3.27. The van der Waals surface area contributed by atoms with Gasteiger partial charge in [-0.2, -0.15) is 5.10 Å². The molecule has 4 N–H and O–H groups in total. The Balaban J connectivity index is 2.49. The van der Waals surface area contributed by atoms with Crippen molar-refractivity contribution in [3.63, 3.8) is 0 Å². The molecule has 5 heteroatoms. The van der Waals surface area contributed by atoms with Crippen LogP contribution in [0.2, 0.25) is 0 Å². The molecule has 0 saturated heterocycles. The zero-order valence-corrected chi connectivity index (χ0v) is 7.75. The van der Waals surface area contributed by atoms with Crippen LogP contribution in [0.1, 0.15) is 31.6 Å². The maximum Gasteiger partial charge on any atom is 0.142 e. The molecule has 1 unspecified atom stereocenters. The van der Waals surface area contributed by atoms with Gasteiger partial charge in [-0.25, -0.2) is 10.4 Å². The van der Waals surface area contributed by atoms with E-state index in [0.717, 1.165) is 24.2 Å². The fourth-order valence-electron chi connectivity index (χ4n) is 1.07. The summed E-state index contributed by atoms with van der Waals surface area (Å²) in [5.74, 6) is 6.15. The lowest BCUT2D eigenvalue weighted by Gasteiger charge is -2.11. The summed E-state index contributed by atoms with van der Waals surface area (Å²) in [7, 11) is 0. The summed E-state index contributed by atoms with van der Waals surface area (Å²) >= 11 is 0. The number of aromatic nitrogens is 3. The molecule has 5 nitrogen and oxygen atoms in total. The molecule has 72 valence electrons. The van der Waals surface area contributed by atoms with E-state index in [0.29, 0.717) is 0 Å². The number of allylic oxidation sites excluding steroid dienone is 1. The smallest absolute Gasteiger partial charge is 0.142 e. The van der Waals surface area contributed by atoms with Gasteiger partial charge in [-0.1, -0.05) is 5.57 Å². The van der Waals surface area contributed by atoms with Crippen LogP contribution >= 0.6 is 0 Å². The minimum atomic E-state index is 0.0270. The number of aromatic amines is 1. The third-order valence-corrected chi connectivity index (χ3v) is 1.82. The summed E-state index contributed by atoms with van der Waals surface area (Å²) in [5, 5.41) is 6.54. The van der Waals surface area contributed by atoms with E-state index in [4.69, 9.17) is 5.84 Å². The summed E-state index contributed by atoms with van der Waals surface area (Å²) in [5.41, 5.74) is 3.82. The van der Waals surface area contributed by atoms with Crippen molar-refractivity contribution in [2.45, 2.75) is 25.8 Å². The van der Waals surface area contributed by atoms with Gasteiger partial charge in [0.05, 0.1) is 6.04 Å². The maximum atomic E-state index is 5.38. The predicted molar refractivity (Wildman–Crippen MR) is 50.5 cm³/mol. The van der Waals surface area contributed by atoms with Gasteiger partial charge in [0.2, 0.25) is 0 Å². The molecule has 0 saturated carbocycles. The lowest BCUT2D eigenvalue weighted by molar-refractivity contribution is 0.492. The Kier molecular flexibility index (Phi) is 3.60. The minimum Gasteiger partial charge on any atom is -0.271 e.